The van der Waals surface area contributed by atoms with E-state index in [0.717, 1.165) is 0 Å². The number of carbonyl (C=O) groups excluding carboxylic acids is 1. The Morgan fingerprint density at radius 1 is 0.960 bits per heavy atom. The molecule has 0 aromatic rings. The van der Waals surface area contributed by atoms with Crippen molar-refractivity contribution in [1.29, 1.82) is 0 Å². The second-order valence-corrected chi connectivity index (χ2v) is 12.0. The van der Waals surface area contributed by atoms with E-state index in [-0.39, 0.29) is 28.7 Å². The number of sulfone groups is 1. The van der Waals surface area contributed by atoms with E-state index in [2.05, 4.69) is 0 Å². The molecule has 7 nitrogen and oxygen atoms in total. The van der Waals surface area contributed by atoms with Crippen LogP contribution in [0.5, 0.6) is 0 Å². The molecule has 9 heteroatoms. The molecule has 0 aliphatic carbocycles. The normalized spacial score (nSPS) is 22.5. The second-order valence-electron chi connectivity index (χ2n) is 7.68. The maximum atomic E-state index is 12.7. The molecule has 0 aromatic carbocycles. The Labute approximate surface area is 151 Å². The van der Waals surface area contributed by atoms with Crippen molar-refractivity contribution in [2.45, 2.75) is 44.8 Å². The lowest BCUT2D eigenvalue weighted by molar-refractivity contribution is -0.137. The zero-order valence-electron chi connectivity index (χ0n) is 15.3. The van der Waals surface area contributed by atoms with Gasteiger partial charge in [0, 0.05) is 32.1 Å². The third-order valence-electron chi connectivity index (χ3n) is 5.10. The van der Waals surface area contributed by atoms with Crippen LogP contribution in [0.4, 0.5) is 0 Å². The maximum absolute atomic E-state index is 12.7. The Morgan fingerprint density at radius 3 is 1.92 bits per heavy atom. The summed E-state index contributed by atoms with van der Waals surface area (Å²) in [6.07, 6.45) is 3.28. The van der Waals surface area contributed by atoms with E-state index >= 15 is 0 Å². The lowest BCUT2D eigenvalue weighted by Crippen LogP contribution is -2.48. The quantitative estimate of drug-likeness (QED) is 0.685. The van der Waals surface area contributed by atoms with Gasteiger partial charge < -0.3 is 4.90 Å². The first-order valence-electron chi connectivity index (χ1n) is 8.96. The molecule has 146 valence electrons. The van der Waals surface area contributed by atoms with Crippen LogP contribution in [-0.4, -0.2) is 75.4 Å². The van der Waals surface area contributed by atoms with Crippen molar-refractivity contribution < 1.29 is 21.6 Å². The van der Waals surface area contributed by atoms with Crippen LogP contribution in [0, 0.1) is 11.8 Å². The molecule has 2 heterocycles. The van der Waals surface area contributed by atoms with Gasteiger partial charge >= 0.3 is 0 Å². The third-order valence-corrected chi connectivity index (χ3v) is 9.02. The minimum Gasteiger partial charge on any atom is -0.342 e. The number of amides is 1. The van der Waals surface area contributed by atoms with Crippen LogP contribution in [0.15, 0.2) is 0 Å². The predicted octanol–water partition coefficient (Wildman–Crippen LogP) is 0.720. The maximum Gasteiger partial charge on any atom is 0.225 e. The highest BCUT2D eigenvalue weighted by molar-refractivity contribution is 7.92. The Morgan fingerprint density at radius 2 is 1.48 bits per heavy atom. The molecule has 0 aromatic heterocycles. The molecule has 0 N–H and O–H groups in total. The van der Waals surface area contributed by atoms with E-state index in [4.69, 9.17) is 0 Å². The average molecular weight is 395 g/mol. The minimum atomic E-state index is -3.19. The Hall–Kier alpha value is -0.670. The third kappa shape index (κ3) is 5.40. The van der Waals surface area contributed by atoms with Gasteiger partial charge in [-0.1, -0.05) is 13.8 Å². The predicted molar refractivity (Wildman–Crippen MR) is 97.4 cm³/mol. The molecule has 2 rings (SSSR count). The largest absolute Gasteiger partial charge is 0.342 e. The summed E-state index contributed by atoms with van der Waals surface area (Å²) in [6.45, 7) is 5.53. The van der Waals surface area contributed by atoms with E-state index in [9.17, 15) is 21.6 Å². The zero-order valence-corrected chi connectivity index (χ0v) is 17.0. The van der Waals surface area contributed by atoms with Crippen molar-refractivity contribution in [3.63, 3.8) is 0 Å². The van der Waals surface area contributed by atoms with Crippen molar-refractivity contribution in [1.82, 2.24) is 9.21 Å². The number of hydrogen-bond donors (Lipinski definition) is 0. The van der Waals surface area contributed by atoms with Gasteiger partial charge in [-0.05, 0) is 31.6 Å². The first kappa shape index (κ1) is 20.6. The molecule has 2 fully saturated rings. The molecule has 0 atom stereocenters. The lowest BCUT2D eigenvalue weighted by Gasteiger charge is -2.36. The van der Waals surface area contributed by atoms with E-state index in [1.807, 2.05) is 13.8 Å². The molecule has 2 aliphatic heterocycles. The number of likely N-dealkylation sites (tertiary alicyclic amines) is 1. The molecular formula is C16H30N2O5S2. The van der Waals surface area contributed by atoms with Crippen molar-refractivity contribution >= 4 is 25.8 Å². The highest BCUT2D eigenvalue weighted by Gasteiger charge is 2.35. The number of piperidine rings is 2. The van der Waals surface area contributed by atoms with Gasteiger partial charge in [-0.25, -0.2) is 21.1 Å². The summed E-state index contributed by atoms with van der Waals surface area (Å²) in [6, 6.07) is 0. The summed E-state index contributed by atoms with van der Waals surface area (Å²) < 4.78 is 49.2. The topological polar surface area (TPSA) is 91.8 Å². The smallest absolute Gasteiger partial charge is 0.225 e. The van der Waals surface area contributed by atoms with Crippen LogP contribution in [0.25, 0.3) is 0 Å². The van der Waals surface area contributed by atoms with Gasteiger partial charge in [0.25, 0.3) is 0 Å². The highest BCUT2D eigenvalue weighted by Crippen LogP contribution is 2.25. The van der Waals surface area contributed by atoms with Gasteiger partial charge in [-0.2, -0.15) is 0 Å². The van der Waals surface area contributed by atoms with Gasteiger partial charge in [0.05, 0.1) is 17.3 Å². The van der Waals surface area contributed by atoms with E-state index in [1.54, 1.807) is 4.90 Å². The summed E-state index contributed by atoms with van der Waals surface area (Å²) in [4.78, 5) is 14.4. The summed E-state index contributed by atoms with van der Waals surface area (Å²) in [5.74, 6) is 0.217. The fourth-order valence-corrected chi connectivity index (χ4v) is 6.73. The molecule has 0 bridgehead atoms. The van der Waals surface area contributed by atoms with Gasteiger partial charge in [-0.3, -0.25) is 4.79 Å². The number of sulfonamides is 1. The van der Waals surface area contributed by atoms with Crippen molar-refractivity contribution in [3.05, 3.63) is 0 Å². The molecule has 0 spiro atoms. The standard InChI is InChI=1S/C16H30N2O5S2/c1-13(2)12-25(22,23)15-6-8-17(9-7-15)16(19)14-4-10-18(11-5-14)24(3,20)21/h13-15H,4-12H2,1-3H3. The Kier molecular flexibility index (Phi) is 6.54. The molecule has 0 saturated carbocycles. The summed E-state index contributed by atoms with van der Waals surface area (Å²) in [5, 5.41) is -0.342. The highest BCUT2D eigenvalue weighted by atomic mass is 32.2. The van der Waals surface area contributed by atoms with E-state index < -0.39 is 19.9 Å². The van der Waals surface area contributed by atoms with Crippen molar-refractivity contribution in [2.75, 3.05) is 38.2 Å². The Bertz CT molecular complexity index is 671. The zero-order chi connectivity index (χ0) is 18.8. The summed E-state index contributed by atoms with van der Waals surface area (Å²) in [7, 11) is -6.28. The molecular weight excluding hydrogens is 364 g/mol. The van der Waals surface area contributed by atoms with Crippen LogP contribution < -0.4 is 0 Å². The average Bonchev–Trinajstić information content (AvgIpc) is 2.52. The van der Waals surface area contributed by atoms with Gasteiger partial charge in [0.15, 0.2) is 9.84 Å². The first-order valence-corrected chi connectivity index (χ1v) is 12.5. The molecule has 1 amide bonds. The number of nitrogens with zero attached hydrogens (tertiary/aromatic N) is 2. The van der Waals surface area contributed by atoms with Crippen LogP contribution in [0.3, 0.4) is 0 Å². The van der Waals surface area contributed by atoms with Crippen LogP contribution >= 0.6 is 0 Å². The van der Waals surface area contributed by atoms with Crippen LogP contribution in [-0.2, 0) is 24.7 Å². The minimum absolute atomic E-state index is 0.0489. The fraction of sp³-hybridized carbons (Fsp3) is 0.938. The first-order chi connectivity index (χ1) is 11.5. The fourth-order valence-electron chi connectivity index (χ4n) is 3.73. The van der Waals surface area contributed by atoms with Crippen LogP contribution in [0.2, 0.25) is 0 Å². The Balaban J connectivity index is 1.86. The van der Waals surface area contributed by atoms with Gasteiger partial charge in [0.2, 0.25) is 15.9 Å². The summed E-state index contributed by atoms with van der Waals surface area (Å²) >= 11 is 0. The monoisotopic (exact) mass is 394 g/mol. The van der Waals surface area contributed by atoms with Gasteiger partial charge in [-0.15, -0.1) is 0 Å². The number of hydrogen-bond acceptors (Lipinski definition) is 5. The summed E-state index contributed by atoms with van der Waals surface area (Å²) in [5.41, 5.74) is 0. The molecule has 0 radical (unpaired) electrons. The van der Waals surface area contributed by atoms with E-state index in [1.165, 1.54) is 10.6 Å². The van der Waals surface area contributed by atoms with Gasteiger partial charge in [0.1, 0.15) is 0 Å². The SMILES string of the molecule is CC(C)CS(=O)(=O)C1CCN(C(=O)C2CCN(S(C)(=O)=O)CC2)CC1. The number of rotatable bonds is 5. The van der Waals surface area contributed by atoms with Crippen molar-refractivity contribution in [3.8, 4) is 0 Å². The van der Waals surface area contributed by atoms with Crippen molar-refractivity contribution in [2.24, 2.45) is 11.8 Å². The molecule has 2 saturated heterocycles. The second kappa shape index (κ2) is 7.92. The lowest BCUT2D eigenvalue weighted by atomic mass is 9.95. The number of carbonyl (C=O) groups is 1. The molecule has 0 unspecified atom stereocenters. The van der Waals surface area contributed by atoms with E-state index in [0.29, 0.717) is 51.9 Å². The van der Waals surface area contributed by atoms with Crippen LogP contribution in [0.1, 0.15) is 39.5 Å². The molecule has 25 heavy (non-hydrogen) atoms. The molecule has 2 aliphatic rings.